The summed E-state index contributed by atoms with van der Waals surface area (Å²) in [5.41, 5.74) is 1.51. The lowest BCUT2D eigenvalue weighted by Gasteiger charge is -2.18. The Hall–Kier alpha value is -1.77. The minimum Gasteiger partial charge on any atom is -0.466 e. The van der Waals surface area contributed by atoms with Gasteiger partial charge in [-0.1, -0.05) is 0 Å². The first-order valence-corrected chi connectivity index (χ1v) is 5.94. The summed E-state index contributed by atoms with van der Waals surface area (Å²) >= 11 is 0. The zero-order chi connectivity index (χ0) is 16.2. The molecule has 2 N–H and O–H groups in total. The van der Waals surface area contributed by atoms with Gasteiger partial charge in [0.15, 0.2) is 0 Å². The molecule has 0 radical (unpaired) electrons. The van der Waals surface area contributed by atoms with Gasteiger partial charge in [0.25, 0.3) is 6.43 Å². The summed E-state index contributed by atoms with van der Waals surface area (Å²) in [7, 11) is 0. The van der Waals surface area contributed by atoms with Gasteiger partial charge in [0.2, 0.25) is 0 Å². The fourth-order valence-electron chi connectivity index (χ4n) is 1.82. The van der Waals surface area contributed by atoms with E-state index >= 15 is 0 Å². The SMILES string of the molecule is CCOC(=O)Cc1c(CN)cnc(C(F)F)c1C(F)(F)F. The molecule has 0 unspecified atom stereocenters. The van der Waals surface area contributed by atoms with Crippen molar-refractivity contribution in [3.05, 3.63) is 28.6 Å². The first-order chi connectivity index (χ1) is 9.72. The van der Waals surface area contributed by atoms with E-state index in [1.807, 2.05) is 0 Å². The summed E-state index contributed by atoms with van der Waals surface area (Å²) in [6, 6.07) is 0. The summed E-state index contributed by atoms with van der Waals surface area (Å²) in [5, 5.41) is 0. The van der Waals surface area contributed by atoms with E-state index < -0.39 is 41.8 Å². The minimum atomic E-state index is -5.08. The van der Waals surface area contributed by atoms with Crippen LogP contribution < -0.4 is 5.73 Å². The molecular formula is C12H13F5N2O2. The van der Waals surface area contributed by atoms with Crippen LogP contribution in [0.5, 0.6) is 0 Å². The smallest absolute Gasteiger partial charge is 0.418 e. The second-order valence-corrected chi connectivity index (χ2v) is 4.01. The van der Waals surface area contributed by atoms with Crippen LogP contribution in [0.1, 0.15) is 35.7 Å². The maximum atomic E-state index is 13.1. The molecule has 0 amide bonds. The Kier molecular flexibility index (Phi) is 5.59. The van der Waals surface area contributed by atoms with Gasteiger partial charge in [-0.2, -0.15) is 13.2 Å². The second kappa shape index (κ2) is 6.79. The number of aromatic nitrogens is 1. The number of halogens is 5. The van der Waals surface area contributed by atoms with E-state index in [1.54, 1.807) is 0 Å². The number of alkyl halides is 5. The number of hydrogen-bond acceptors (Lipinski definition) is 4. The highest BCUT2D eigenvalue weighted by Gasteiger charge is 2.40. The molecule has 0 aliphatic rings. The van der Waals surface area contributed by atoms with E-state index in [0.717, 1.165) is 6.20 Å². The molecule has 21 heavy (non-hydrogen) atoms. The standard InChI is InChI=1S/C12H13F5N2O2/c1-2-21-8(20)3-7-6(4-18)5-19-10(11(13)14)9(7)12(15,16)17/h5,11H,2-4,18H2,1H3. The number of pyridine rings is 1. The van der Waals surface area contributed by atoms with Gasteiger partial charge in [0, 0.05) is 12.7 Å². The Labute approximate surface area is 117 Å². The van der Waals surface area contributed by atoms with Gasteiger partial charge in [-0.3, -0.25) is 9.78 Å². The lowest BCUT2D eigenvalue weighted by atomic mass is 9.97. The second-order valence-electron chi connectivity index (χ2n) is 4.01. The van der Waals surface area contributed by atoms with Crippen molar-refractivity contribution < 1.29 is 31.5 Å². The van der Waals surface area contributed by atoms with E-state index in [0.29, 0.717) is 0 Å². The summed E-state index contributed by atoms with van der Waals surface area (Å²) in [4.78, 5) is 14.5. The summed E-state index contributed by atoms with van der Waals surface area (Å²) in [6.07, 6.45) is -8.47. The molecule has 0 saturated heterocycles. The van der Waals surface area contributed by atoms with Crippen molar-refractivity contribution in [1.29, 1.82) is 0 Å². The van der Waals surface area contributed by atoms with E-state index in [9.17, 15) is 26.7 Å². The molecule has 0 aromatic carbocycles. The van der Waals surface area contributed by atoms with E-state index in [1.165, 1.54) is 6.92 Å². The van der Waals surface area contributed by atoms with Crippen molar-refractivity contribution in [2.45, 2.75) is 32.5 Å². The summed E-state index contributed by atoms with van der Waals surface area (Å²) in [5.74, 6) is -0.955. The number of esters is 1. The quantitative estimate of drug-likeness (QED) is 0.670. The van der Waals surface area contributed by atoms with Crippen LogP contribution in [0.2, 0.25) is 0 Å². The molecule has 0 atom stereocenters. The molecule has 0 aliphatic heterocycles. The van der Waals surface area contributed by atoms with Gasteiger partial charge < -0.3 is 10.5 Å². The maximum absolute atomic E-state index is 13.1. The van der Waals surface area contributed by atoms with Crippen LogP contribution in [0.4, 0.5) is 22.0 Å². The molecular weight excluding hydrogens is 299 g/mol. The van der Waals surface area contributed by atoms with E-state index in [2.05, 4.69) is 9.72 Å². The third-order valence-corrected chi connectivity index (χ3v) is 2.64. The van der Waals surface area contributed by atoms with Crippen molar-refractivity contribution >= 4 is 5.97 Å². The van der Waals surface area contributed by atoms with Crippen LogP contribution in [0.3, 0.4) is 0 Å². The first kappa shape index (κ1) is 17.3. The molecule has 1 aromatic heterocycles. The van der Waals surface area contributed by atoms with E-state index in [-0.39, 0.29) is 18.7 Å². The Morgan fingerprint density at radius 1 is 1.43 bits per heavy atom. The number of ether oxygens (including phenoxy) is 1. The normalized spacial score (nSPS) is 11.8. The predicted molar refractivity (Wildman–Crippen MR) is 62.4 cm³/mol. The van der Waals surface area contributed by atoms with Gasteiger partial charge in [-0.15, -0.1) is 0 Å². The molecule has 0 saturated carbocycles. The number of nitrogens with zero attached hydrogens (tertiary/aromatic N) is 1. The molecule has 0 bridgehead atoms. The highest BCUT2D eigenvalue weighted by molar-refractivity contribution is 5.74. The van der Waals surface area contributed by atoms with Gasteiger partial charge in [-0.05, 0) is 18.1 Å². The fourth-order valence-corrected chi connectivity index (χ4v) is 1.82. The molecule has 118 valence electrons. The number of rotatable bonds is 5. The van der Waals surface area contributed by atoms with Crippen molar-refractivity contribution in [2.75, 3.05) is 6.61 Å². The molecule has 4 nitrogen and oxygen atoms in total. The third-order valence-electron chi connectivity index (χ3n) is 2.64. The largest absolute Gasteiger partial charge is 0.466 e. The Bertz CT molecular complexity index is 517. The van der Waals surface area contributed by atoms with Crippen LogP contribution >= 0.6 is 0 Å². The summed E-state index contributed by atoms with van der Waals surface area (Å²) < 4.78 is 69.2. The number of carbonyl (C=O) groups excluding carboxylic acids is 1. The average Bonchev–Trinajstić information content (AvgIpc) is 2.36. The fraction of sp³-hybridized carbons (Fsp3) is 0.500. The lowest BCUT2D eigenvalue weighted by molar-refractivity contribution is -0.144. The van der Waals surface area contributed by atoms with Gasteiger partial charge in [0.1, 0.15) is 5.69 Å². The van der Waals surface area contributed by atoms with Crippen molar-refractivity contribution in [2.24, 2.45) is 5.73 Å². The first-order valence-electron chi connectivity index (χ1n) is 5.94. The van der Waals surface area contributed by atoms with Gasteiger partial charge in [0.05, 0.1) is 18.6 Å². The number of hydrogen-bond donors (Lipinski definition) is 1. The zero-order valence-corrected chi connectivity index (χ0v) is 11.0. The van der Waals surface area contributed by atoms with Gasteiger partial charge in [-0.25, -0.2) is 8.78 Å². The molecule has 0 aliphatic carbocycles. The zero-order valence-electron chi connectivity index (χ0n) is 11.0. The Morgan fingerprint density at radius 3 is 2.48 bits per heavy atom. The highest BCUT2D eigenvalue weighted by Crippen LogP contribution is 2.39. The molecule has 1 aromatic rings. The van der Waals surface area contributed by atoms with Crippen LogP contribution in [-0.4, -0.2) is 17.6 Å². The lowest BCUT2D eigenvalue weighted by Crippen LogP contribution is -2.21. The number of carbonyl (C=O) groups is 1. The van der Waals surface area contributed by atoms with Crippen LogP contribution in [0.15, 0.2) is 6.20 Å². The Balaban J connectivity index is 3.48. The van der Waals surface area contributed by atoms with E-state index in [4.69, 9.17) is 5.73 Å². The predicted octanol–water partition coefficient (Wildman–Crippen LogP) is 2.60. The topological polar surface area (TPSA) is 65.2 Å². The minimum absolute atomic E-state index is 0.0368. The Morgan fingerprint density at radius 2 is 2.05 bits per heavy atom. The van der Waals surface area contributed by atoms with Crippen molar-refractivity contribution in [3.8, 4) is 0 Å². The third kappa shape index (κ3) is 4.10. The number of nitrogens with two attached hydrogens (primary N) is 1. The molecule has 0 spiro atoms. The van der Waals surface area contributed by atoms with Crippen molar-refractivity contribution in [1.82, 2.24) is 4.98 Å². The molecule has 0 fully saturated rings. The molecule has 9 heteroatoms. The van der Waals surface area contributed by atoms with Crippen molar-refractivity contribution in [3.63, 3.8) is 0 Å². The average molecular weight is 312 g/mol. The summed E-state index contributed by atoms with van der Waals surface area (Å²) in [6.45, 7) is 1.07. The monoisotopic (exact) mass is 312 g/mol. The maximum Gasteiger partial charge on any atom is 0.418 e. The highest BCUT2D eigenvalue weighted by atomic mass is 19.4. The molecule has 1 rings (SSSR count). The van der Waals surface area contributed by atoms with Crippen LogP contribution in [0, 0.1) is 0 Å². The molecule has 1 heterocycles. The van der Waals surface area contributed by atoms with Crippen LogP contribution in [0.25, 0.3) is 0 Å². The van der Waals surface area contributed by atoms with Gasteiger partial charge >= 0.3 is 12.1 Å². The van der Waals surface area contributed by atoms with Crippen LogP contribution in [-0.2, 0) is 28.7 Å².